The van der Waals surface area contributed by atoms with E-state index in [1.807, 2.05) is 30.3 Å². The van der Waals surface area contributed by atoms with Crippen LogP contribution >= 0.6 is 11.6 Å². The Morgan fingerprint density at radius 3 is 2.59 bits per heavy atom. The molecule has 6 nitrogen and oxygen atoms in total. The molecular formula is C15H13ClN2O4. The molecular weight excluding hydrogens is 308 g/mol. The average Bonchev–Trinajstić information content (AvgIpc) is 2.51. The van der Waals surface area contributed by atoms with Crippen LogP contribution in [0.2, 0.25) is 5.02 Å². The third kappa shape index (κ3) is 4.46. The maximum Gasteiger partial charge on any atom is 0.288 e. The number of rotatable bonds is 6. The second kappa shape index (κ2) is 7.42. The molecule has 0 saturated carbocycles. The Morgan fingerprint density at radius 2 is 1.95 bits per heavy atom. The van der Waals surface area contributed by atoms with Crippen LogP contribution in [0.25, 0.3) is 0 Å². The molecule has 0 saturated heterocycles. The molecule has 1 amide bonds. The van der Waals surface area contributed by atoms with Gasteiger partial charge in [-0.1, -0.05) is 41.9 Å². The fourth-order valence-electron chi connectivity index (χ4n) is 1.72. The van der Waals surface area contributed by atoms with Crippen molar-refractivity contribution in [3.8, 4) is 5.75 Å². The van der Waals surface area contributed by atoms with E-state index in [0.29, 0.717) is 12.3 Å². The molecule has 0 spiro atoms. The van der Waals surface area contributed by atoms with Crippen LogP contribution in [0.1, 0.15) is 5.56 Å². The van der Waals surface area contributed by atoms with Crippen LogP contribution in [0.15, 0.2) is 48.5 Å². The van der Waals surface area contributed by atoms with Gasteiger partial charge in [0.15, 0.2) is 6.61 Å². The first-order valence-corrected chi connectivity index (χ1v) is 6.81. The van der Waals surface area contributed by atoms with Gasteiger partial charge in [0.1, 0.15) is 10.8 Å². The SMILES string of the molecule is O=C(COc1ccc([N+](=O)[O-])c(Cl)c1)NCc1ccccc1. The van der Waals surface area contributed by atoms with E-state index in [-0.39, 0.29) is 23.2 Å². The van der Waals surface area contributed by atoms with E-state index in [0.717, 1.165) is 5.56 Å². The number of nitro benzene ring substituents is 1. The minimum absolute atomic E-state index is 0.0350. The van der Waals surface area contributed by atoms with Crippen molar-refractivity contribution in [1.29, 1.82) is 0 Å². The maximum absolute atomic E-state index is 11.7. The number of benzene rings is 2. The lowest BCUT2D eigenvalue weighted by molar-refractivity contribution is -0.384. The fourth-order valence-corrected chi connectivity index (χ4v) is 1.96. The Balaban J connectivity index is 1.83. The predicted molar refractivity (Wildman–Crippen MR) is 81.9 cm³/mol. The summed E-state index contributed by atoms with van der Waals surface area (Å²) in [5, 5.41) is 13.3. The van der Waals surface area contributed by atoms with Crippen LogP contribution in [-0.4, -0.2) is 17.4 Å². The number of nitrogens with zero attached hydrogens (tertiary/aromatic N) is 1. The standard InChI is InChI=1S/C15H13ClN2O4/c16-13-8-12(6-7-14(13)18(20)21)22-10-15(19)17-9-11-4-2-1-3-5-11/h1-8H,9-10H2,(H,17,19). The molecule has 2 aromatic carbocycles. The number of amides is 1. The van der Waals surface area contributed by atoms with Crippen molar-refractivity contribution >= 4 is 23.2 Å². The average molecular weight is 321 g/mol. The van der Waals surface area contributed by atoms with Crippen molar-refractivity contribution in [2.45, 2.75) is 6.54 Å². The maximum atomic E-state index is 11.7. The summed E-state index contributed by atoms with van der Waals surface area (Å²) in [5.74, 6) is 0.00351. The molecule has 0 aromatic heterocycles. The lowest BCUT2D eigenvalue weighted by atomic mass is 10.2. The van der Waals surface area contributed by atoms with Crippen molar-refractivity contribution in [2.24, 2.45) is 0 Å². The Hall–Kier alpha value is -2.60. The second-order valence-corrected chi connectivity index (χ2v) is 4.83. The zero-order valence-electron chi connectivity index (χ0n) is 11.5. The van der Waals surface area contributed by atoms with Gasteiger partial charge in [-0.3, -0.25) is 14.9 Å². The van der Waals surface area contributed by atoms with Gasteiger partial charge < -0.3 is 10.1 Å². The van der Waals surface area contributed by atoms with Gasteiger partial charge in [0.05, 0.1) is 4.92 Å². The Labute approximate surface area is 131 Å². The molecule has 0 aliphatic rings. The molecule has 0 radical (unpaired) electrons. The van der Waals surface area contributed by atoms with Crippen molar-refractivity contribution < 1.29 is 14.5 Å². The summed E-state index contributed by atoms with van der Waals surface area (Å²) < 4.78 is 5.25. The summed E-state index contributed by atoms with van der Waals surface area (Å²) in [5.41, 5.74) is 0.775. The molecule has 2 rings (SSSR count). The Bertz CT molecular complexity index is 676. The quantitative estimate of drug-likeness (QED) is 0.655. The van der Waals surface area contributed by atoms with E-state index in [9.17, 15) is 14.9 Å². The molecule has 114 valence electrons. The molecule has 2 aromatic rings. The highest BCUT2D eigenvalue weighted by Gasteiger charge is 2.13. The molecule has 0 aliphatic heterocycles. The topological polar surface area (TPSA) is 81.5 Å². The summed E-state index contributed by atoms with van der Waals surface area (Å²) in [6.45, 7) is 0.213. The zero-order chi connectivity index (χ0) is 15.9. The van der Waals surface area contributed by atoms with Gasteiger partial charge in [0.2, 0.25) is 0 Å². The molecule has 0 unspecified atom stereocenters. The van der Waals surface area contributed by atoms with E-state index in [1.54, 1.807) is 0 Å². The smallest absolute Gasteiger partial charge is 0.288 e. The molecule has 22 heavy (non-hydrogen) atoms. The van der Waals surface area contributed by atoms with E-state index >= 15 is 0 Å². The number of halogens is 1. The lowest BCUT2D eigenvalue weighted by Crippen LogP contribution is -2.28. The zero-order valence-corrected chi connectivity index (χ0v) is 12.2. The summed E-state index contributed by atoms with van der Waals surface area (Å²) in [6.07, 6.45) is 0. The van der Waals surface area contributed by atoms with E-state index in [4.69, 9.17) is 16.3 Å². The van der Waals surface area contributed by atoms with Crippen LogP contribution < -0.4 is 10.1 Å². The molecule has 0 atom stereocenters. The summed E-state index contributed by atoms with van der Waals surface area (Å²) in [7, 11) is 0. The predicted octanol–water partition coefficient (Wildman–Crippen LogP) is 2.94. The van der Waals surface area contributed by atoms with Gasteiger partial charge in [0, 0.05) is 18.7 Å². The van der Waals surface area contributed by atoms with Gasteiger partial charge >= 0.3 is 0 Å². The van der Waals surface area contributed by atoms with Gasteiger partial charge in [-0.25, -0.2) is 0 Å². The minimum Gasteiger partial charge on any atom is -0.484 e. The van der Waals surface area contributed by atoms with Crippen LogP contribution in [0.4, 0.5) is 5.69 Å². The largest absolute Gasteiger partial charge is 0.484 e. The summed E-state index contributed by atoms with van der Waals surface area (Å²) in [4.78, 5) is 21.7. The number of carbonyl (C=O) groups is 1. The van der Waals surface area contributed by atoms with Gasteiger partial charge in [0.25, 0.3) is 11.6 Å². The van der Waals surface area contributed by atoms with Crippen molar-refractivity contribution in [3.63, 3.8) is 0 Å². The highest BCUT2D eigenvalue weighted by Crippen LogP contribution is 2.28. The van der Waals surface area contributed by atoms with E-state index < -0.39 is 4.92 Å². The molecule has 0 aliphatic carbocycles. The van der Waals surface area contributed by atoms with Crippen molar-refractivity contribution in [2.75, 3.05) is 6.61 Å². The second-order valence-electron chi connectivity index (χ2n) is 4.42. The number of nitro groups is 1. The van der Waals surface area contributed by atoms with E-state index in [1.165, 1.54) is 18.2 Å². The number of ether oxygens (including phenoxy) is 1. The Morgan fingerprint density at radius 1 is 1.23 bits per heavy atom. The van der Waals surface area contributed by atoms with Crippen LogP contribution in [-0.2, 0) is 11.3 Å². The first-order chi connectivity index (χ1) is 10.6. The molecule has 1 N–H and O–H groups in total. The van der Waals surface area contributed by atoms with Crippen molar-refractivity contribution in [1.82, 2.24) is 5.32 Å². The lowest BCUT2D eigenvalue weighted by Gasteiger charge is -2.08. The first kappa shape index (κ1) is 15.8. The summed E-state index contributed by atoms with van der Waals surface area (Å²) in [6, 6.07) is 13.4. The molecule has 0 fully saturated rings. The number of hydrogen-bond acceptors (Lipinski definition) is 4. The third-order valence-electron chi connectivity index (χ3n) is 2.82. The van der Waals surface area contributed by atoms with Crippen LogP contribution in [0, 0.1) is 10.1 Å². The van der Waals surface area contributed by atoms with Gasteiger partial charge in [-0.2, -0.15) is 0 Å². The highest BCUT2D eigenvalue weighted by molar-refractivity contribution is 6.32. The number of carbonyl (C=O) groups excluding carboxylic acids is 1. The minimum atomic E-state index is -0.585. The van der Waals surface area contributed by atoms with E-state index in [2.05, 4.69) is 5.32 Å². The Kier molecular flexibility index (Phi) is 5.32. The highest BCUT2D eigenvalue weighted by atomic mass is 35.5. The molecule has 0 bridgehead atoms. The number of hydrogen-bond donors (Lipinski definition) is 1. The monoisotopic (exact) mass is 320 g/mol. The van der Waals surface area contributed by atoms with Gasteiger partial charge in [-0.15, -0.1) is 0 Å². The van der Waals surface area contributed by atoms with Crippen molar-refractivity contribution in [3.05, 3.63) is 69.2 Å². The fraction of sp³-hybridized carbons (Fsp3) is 0.133. The molecule has 7 heteroatoms. The third-order valence-corrected chi connectivity index (χ3v) is 3.12. The molecule has 0 heterocycles. The van der Waals surface area contributed by atoms with Gasteiger partial charge in [-0.05, 0) is 11.6 Å². The summed E-state index contributed by atoms with van der Waals surface area (Å²) >= 11 is 5.76. The van der Waals surface area contributed by atoms with Crippen LogP contribution in [0.3, 0.4) is 0 Å². The van der Waals surface area contributed by atoms with Crippen LogP contribution in [0.5, 0.6) is 5.75 Å². The number of nitrogens with one attached hydrogen (secondary N) is 1. The first-order valence-electron chi connectivity index (χ1n) is 6.43. The normalized spacial score (nSPS) is 10.0.